The number of halogens is 2. The van der Waals surface area contributed by atoms with Crippen LogP contribution in [0.4, 0.5) is 0 Å². The smallest absolute Gasteiger partial charge is 0.169 e. The van der Waals surface area contributed by atoms with E-state index in [1.54, 1.807) is 11.3 Å². The summed E-state index contributed by atoms with van der Waals surface area (Å²) in [5.74, 6) is 0.942. The molecule has 0 aliphatic heterocycles. The number of thiophene rings is 1. The molecule has 2 heterocycles. The van der Waals surface area contributed by atoms with Gasteiger partial charge in [0.05, 0.1) is 0 Å². The molecule has 0 saturated carbocycles. The molecule has 0 aliphatic rings. The van der Waals surface area contributed by atoms with Gasteiger partial charge in [-0.15, -0.1) is 11.3 Å². The average molecular weight is 393 g/mol. The Labute approximate surface area is 128 Å². The zero-order valence-electron chi connectivity index (χ0n) is 10.3. The minimum atomic E-state index is 0.115. The third kappa shape index (κ3) is 3.26. The maximum atomic E-state index is 5.70. The number of nitrogens with one attached hydrogen (secondary N) is 1. The van der Waals surface area contributed by atoms with E-state index in [4.69, 9.17) is 4.42 Å². The second kappa shape index (κ2) is 6.37. The Morgan fingerprint density at radius 1 is 1.39 bits per heavy atom. The molecule has 2 rings (SSSR count). The molecule has 0 aliphatic carbocycles. The van der Waals surface area contributed by atoms with Crippen LogP contribution in [-0.2, 0) is 0 Å². The van der Waals surface area contributed by atoms with Crippen molar-refractivity contribution in [3.05, 3.63) is 42.9 Å². The van der Waals surface area contributed by atoms with Crippen molar-refractivity contribution in [3.8, 4) is 0 Å². The van der Waals surface area contributed by atoms with Crippen LogP contribution in [0.1, 0.15) is 34.9 Å². The molecule has 18 heavy (non-hydrogen) atoms. The van der Waals surface area contributed by atoms with Crippen LogP contribution in [0, 0.1) is 6.92 Å². The lowest BCUT2D eigenvalue weighted by atomic mass is 10.2. The standard InChI is InChI=1S/C13H15Br2NOS/c1-3-6-16-12(10-4-5-11(15)17-10)13-9(14)7-8(2)18-13/h4-5,7,12,16H,3,6H2,1-2H3. The lowest BCUT2D eigenvalue weighted by Crippen LogP contribution is -2.22. The molecule has 0 aromatic carbocycles. The normalized spacial score (nSPS) is 12.9. The van der Waals surface area contributed by atoms with Gasteiger partial charge in [-0.2, -0.15) is 0 Å². The third-order valence-corrected chi connectivity index (χ3v) is 5.04. The highest BCUT2D eigenvalue weighted by Crippen LogP contribution is 2.36. The summed E-state index contributed by atoms with van der Waals surface area (Å²) < 4.78 is 7.61. The first kappa shape index (κ1) is 14.3. The van der Waals surface area contributed by atoms with Crippen LogP contribution >= 0.6 is 43.2 Å². The first-order valence-corrected chi connectivity index (χ1v) is 8.26. The number of furan rings is 1. The summed E-state index contributed by atoms with van der Waals surface area (Å²) in [6, 6.07) is 6.21. The highest BCUT2D eigenvalue weighted by atomic mass is 79.9. The Morgan fingerprint density at radius 2 is 2.17 bits per heavy atom. The summed E-state index contributed by atoms with van der Waals surface area (Å²) in [5, 5.41) is 3.54. The highest BCUT2D eigenvalue weighted by molar-refractivity contribution is 9.10. The Bertz CT molecular complexity index is 521. The molecule has 1 unspecified atom stereocenters. The van der Waals surface area contributed by atoms with E-state index in [-0.39, 0.29) is 6.04 Å². The second-order valence-electron chi connectivity index (χ2n) is 4.10. The van der Waals surface area contributed by atoms with E-state index < -0.39 is 0 Å². The molecule has 1 atom stereocenters. The van der Waals surface area contributed by atoms with E-state index in [1.807, 2.05) is 12.1 Å². The lowest BCUT2D eigenvalue weighted by molar-refractivity contribution is 0.435. The summed E-state index contributed by atoms with van der Waals surface area (Å²) >= 11 is 8.79. The maximum absolute atomic E-state index is 5.70. The summed E-state index contributed by atoms with van der Waals surface area (Å²) in [6.45, 7) is 5.25. The Balaban J connectivity index is 2.33. The van der Waals surface area contributed by atoms with Crippen molar-refractivity contribution >= 4 is 43.2 Å². The summed E-state index contributed by atoms with van der Waals surface area (Å²) in [5.41, 5.74) is 0. The van der Waals surface area contributed by atoms with Crippen molar-refractivity contribution in [2.45, 2.75) is 26.3 Å². The second-order valence-corrected chi connectivity index (χ2v) is 7.02. The van der Waals surface area contributed by atoms with Crippen LogP contribution in [0.15, 0.2) is 31.8 Å². The Hall–Kier alpha value is -0.100. The van der Waals surface area contributed by atoms with Gasteiger partial charge in [0.15, 0.2) is 4.67 Å². The predicted molar refractivity (Wildman–Crippen MR) is 83.3 cm³/mol. The fraction of sp³-hybridized carbons (Fsp3) is 0.385. The van der Waals surface area contributed by atoms with Crippen molar-refractivity contribution in [2.24, 2.45) is 0 Å². The molecule has 2 nitrogen and oxygen atoms in total. The van der Waals surface area contributed by atoms with Gasteiger partial charge in [-0.3, -0.25) is 0 Å². The largest absolute Gasteiger partial charge is 0.452 e. The van der Waals surface area contributed by atoms with E-state index >= 15 is 0 Å². The molecular weight excluding hydrogens is 378 g/mol. The number of aryl methyl sites for hydroxylation is 1. The van der Waals surface area contributed by atoms with Gasteiger partial charge >= 0.3 is 0 Å². The summed E-state index contributed by atoms with van der Waals surface area (Å²) in [4.78, 5) is 2.56. The van der Waals surface area contributed by atoms with Crippen molar-refractivity contribution in [1.29, 1.82) is 0 Å². The fourth-order valence-corrected chi connectivity index (χ4v) is 4.08. The van der Waals surface area contributed by atoms with E-state index in [0.717, 1.165) is 27.9 Å². The molecule has 5 heteroatoms. The molecule has 1 N–H and O–H groups in total. The topological polar surface area (TPSA) is 25.2 Å². The van der Waals surface area contributed by atoms with Gasteiger partial charge in [-0.1, -0.05) is 6.92 Å². The zero-order chi connectivity index (χ0) is 13.1. The van der Waals surface area contributed by atoms with Gasteiger partial charge in [0.25, 0.3) is 0 Å². The van der Waals surface area contributed by atoms with Gasteiger partial charge in [-0.05, 0) is 69.9 Å². The molecule has 0 radical (unpaired) electrons. The third-order valence-electron chi connectivity index (χ3n) is 2.58. The van der Waals surface area contributed by atoms with E-state index in [0.29, 0.717) is 0 Å². The summed E-state index contributed by atoms with van der Waals surface area (Å²) in [7, 11) is 0. The first-order chi connectivity index (χ1) is 8.61. The van der Waals surface area contributed by atoms with Gasteiger partial charge in [0, 0.05) is 14.2 Å². The van der Waals surface area contributed by atoms with Gasteiger partial charge in [0.1, 0.15) is 11.8 Å². The lowest BCUT2D eigenvalue weighted by Gasteiger charge is -2.15. The minimum absolute atomic E-state index is 0.115. The fourth-order valence-electron chi connectivity index (χ4n) is 1.79. The van der Waals surface area contributed by atoms with Crippen molar-refractivity contribution in [2.75, 3.05) is 6.54 Å². The Kier molecular flexibility index (Phi) is 5.06. The van der Waals surface area contributed by atoms with Crippen molar-refractivity contribution in [1.82, 2.24) is 5.32 Å². The molecule has 2 aromatic rings. The van der Waals surface area contributed by atoms with E-state index in [9.17, 15) is 0 Å². The SMILES string of the molecule is CCCNC(c1ccc(Br)o1)c1sc(C)cc1Br. The average Bonchev–Trinajstić information content (AvgIpc) is 2.87. The van der Waals surface area contributed by atoms with Gasteiger partial charge in [-0.25, -0.2) is 0 Å². The van der Waals surface area contributed by atoms with Crippen LogP contribution < -0.4 is 5.32 Å². The molecule has 0 amide bonds. The van der Waals surface area contributed by atoms with E-state index in [2.05, 4.69) is 57.1 Å². The quantitative estimate of drug-likeness (QED) is 0.750. The van der Waals surface area contributed by atoms with Crippen molar-refractivity contribution in [3.63, 3.8) is 0 Å². The van der Waals surface area contributed by atoms with Crippen LogP contribution in [0.2, 0.25) is 0 Å². The molecular formula is C13H15Br2NOS. The van der Waals surface area contributed by atoms with Crippen LogP contribution in [0.25, 0.3) is 0 Å². The van der Waals surface area contributed by atoms with Gasteiger partial charge < -0.3 is 9.73 Å². The number of rotatable bonds is 5. The molecule has 0 saturated heterocycles. The van der Waals surface area contributed by atoms with E-state index in [1.165, 1.54) is 9.75 Å². The first-order valence-electron chi connectivity index (χ1n) is 5.86. The molecule has 2 aromatic heterocycles. The molecule has 0 spiro atoms. The molecule has 0 bridgehead atoms. The van der Waals surface area contributed by atoms with Crippen molar-refractivity contribution < 1.29 is 4.42 Å². The number of hydrogen-bond acceptors (Lipinski definition) is 3. The van der Waals surface area contributed by atoms with Crippen LogP contribution in [0.3, 0.4) is 0 Å². The zero-order valence-corrected chi connectivity index (χ0v) is 14.3. The minimum Gasteiger partial charge on any atom is -0.452 e. The van der Waals surface area contributed by atoms with Crippen LogP contribution in [-0.4, -0.2) is 6.54 Å². The monoisotopic (exact) mass is 391 g/mol. The van der Waals surface area contributed by atoms with Crippen LogP contribution in [0.5, 0.6) is 0 Å². The molecule has 0 fully saturated rings. The Morgan fingerprint density at radius 3 is 2.67 bits per heavy atom. The number of hydrogen-bond donors (Lipinski definition) is 1. The highest BCUT2D eigenvalue weighted by Gasteiger charge is 2.21. The molecule has 98 valence electrons. The predicted octanol–water partition coefficient (Wildman–Crippen LogP) is 5.26. The van der Waals surface area contributed by atoms with Gasteiger partial charge in [0.2, 0.25) is 0 Å². The summed E-state index contributed by atoms with van der Waals surface area (Å²) in [6.07, 6.45) is 1.10. The maximum Gasteiger partial charge on any atom is 0.169 e.